The summed E-state index contributed by atoms with van der Waals surface area (Å²) >= 11 is 0. The van der Waals surface area contributed by atoms with Crippen molar-refractivity contribution < 1.29 is 9.59 Å². The highest BCUT2D eigenvalue weighted by atomic mass is 35.5. The monoisotopic (exact) mass is 373 g/mol. The summed E-state index contributed by atoms with van der Waals surface area (Å²) in [6, 6.07) is 16.8. The lowest BCUT2D eigenvalue weighted by Crippen LogP contribution is -2.43. The Balaban J connectivity index is 0.00000243. The number of benzene rings is 2. The molecule has 2 aromatic rings. The average molecular weight is 374 g/mol. The quantitative estimate of drug-likeness (QED) is 0.819. The van der Waals surface area contributed by atoms with Gasteiger partial charge >= 0.3 is 0 Å². The molecule has 3 rings (SSSR count). The van der Waals surface area contributed by atoms with Crippen LogP contribution in [0.3, 0.4) is 0 Å². The SMILES string of the molecule is CN(C(=O)CCc1ccccc1N)C1CCN(c2ccccc2)C1=O.Cl. The van der Waals surface area contributed by atoms with Gasteiger partial charge in [0.1, 0.15) is 6.04 Å². The van der Waals surface area contributed by atoms with Gasteiger partial charge < -0.3 is 15.5 Å². The number of likely N-dealkylation sites (N-methyl/N-ethyl adjacent to an activating group) is 1. The van der Waals surface area contributed by atoms with E-state index in [0.717, 1.165) is 11.3 Å². The summed E-state index contributed by atoms with van der Waals surface area (Å²) in [5.41, 5.74) is 8.47. The van der Waals surface area contributed by atoms with Crippen molar-refractivity contribution in [3.05, 3.63) is 60.2 Å². The number of amides is 2. The molecule has 0 bridgehead atoms. The van der Waals surface area contributed by atoms with Gasteiger partial charge in [-0.05, 0) is 36.6 Å². The number of hydrogen-bond acceptors (Lipinski definition) is 3. The van der Waals surface area contributed by atoms with Crippen LogP contribution in [0, 0.1) is 0 Å². The van der Waals surface area contributed by atoms with E-state index < -0.39 is 0 Å². The number of carbonyl (C=O) groups excluding carboxylic acids is 2. The zero-order valence-corrected chi connectivity index (χ0v) is 15.6. The molecule has 0 radical (unpaired) electrons. The first kappa shape index (κ1) is 19.8. The van der Waals surface area contributed by atoms with E-state index in [1.165, 1.54) is 0 Å². The molecule has 6 heteroatoms. The lowest BCUT2D eigenvalue weighted by Gasteiger charge is -2.24. The third-order valence-corrected chi connectivity index (χ3v) is 4.77. The first-order valence-electron chi connectivity index (χ1n) is 8.53. The van der Waals surface area contributed by atoms with Gasteiger partial charge in [0, 0.05) is 31.4 Å². The normalized spacial score (nSPS) is 16.3. The van der Waals surface area contributed by atoms with Gasteiger partial charge in [-0.1, -0.05) is 36.4 Å². The Morgan fingerprint density at radius 1 is 1.15 bits per heavy atom. The zero-order valence-electron chi connectivity index (χ0n) is 14.8. The predicted molar refractivity (Wildman–Crippen MR) is 106 cm³/mol. The average Bonchev–Trinajstić information content (AvgIpc) is 3.02. The number of carbonyl (C=O) groups is 2. The molecule has 1 fully saturated rings. The van der Waals surface area contributed by atoms with E-state index in [0.29, 0.717) is 31.5 Å². The van der Waals surface area contributed by atoms with E-state index in [1.54, 1.807) is 16.8 Å². The van der Waals surface area contributed by atoms with Crippen LogP contribution in [-0.2, 0) is 16.0 Å². The van der Waals surface area contributed by atoms with E-state index in [-0.39, 0.29) is 30.3 Å². The summed E-state index contributed by atoms with van der Waals surface area (Å²) < 4.78 is 0. The topological polar surface area (TPSA) is 66.6 Å². The van der Waals surface area contributed by atoms with Gasteiger partial charge in [-0.25, -0.2) is 0 Å². The lowest BCUT2D eigenvalue weighted by molar-refractivity contribution is -0.136. The third kappa shape index (κ3) is 4.17. The summed E-state index contributed by atoms with van der Waals surface area (Å²) in [4.78, 5) is 28.6. The maximum atomic E-state index is 12.7. The van der Waals surface area contributed by atoms with Crippen molar-refractivity contribution in [3.63, 3.8) is 0 Å². The number of anilines is 2. The highest BCUT2D eigenvalue weighted by Crippen LogP contribution is 2.24. The van der Waals surface area contributed by atoms with Gasteiger partial charge in [-0.3, -0.25) is 9.59 Å². The smallest absolute Gasteiger partial charge is 0.249 e. The minimum atomic E-state index is -0.388. The van der Waals surface area contributed by atoms with E-state index in [9.17, 15) is 9.59 Å². The molecule has 1 unspecified atom stereocenters. The van der Waals surface area contributed by atoms with Gasteiger partial charge in [0.25, 0.3) is 0 Å². The first-order valence-corrected chi connectivity index (χ1v) is 8.53. The van der Waals surface area contributed by atoms with Gasteiger partial charge in [0.05, 0.1) is 0 Å². The van der Waals surface area contributed by atoms with Crippen LogP contribution in [0.5, 0.6) is 0 Å². The number of nitrogen functional groups attached to an aromatic ring is 1. The van der Waals surface area contributed by atoms with Crippen LogP contribution in [-0.4, -0.2) is 36.3 Å². The molecule has 26 heavy (non-hydrogen) atoms. The second kappa shape index (κ2) is 8.72. The maximum Gasteiger partial charge on any atom is 0.249 e. The molecule has 1 heterocycles. The Hall–Kier alpha value is -2.53. The molecule has 0 saturated carbocycles. The van der Waals surface area contributed by atoms with Gasteiger partial charge in [-0.2, -0.15) is 0 Å². The number of rotatable bonds is 5. The fourth-order valence-corrected chi connectivity index (χ4v) is 3.24. The molecule has 0 spiro atoms. The van der Waals surface area contributed by atoms with Crippen LogP contribution in [0.25, 0.3) is 0 Å². The molecule has 138 valence electrons. The Bertz CT molecular complexity index is 767. The highest BCUT2D eigenvalue weighted by molar-refractivity contribution is 6.01. The van der Waals surface area contributed by atoms with Crippen LogP contribution >= 0.6 is 12.4 Å². The van der Waals surface area contributed by atoms with Gasteiger partial charge in [-0.15, -0.1) is 12.4 Å². The van der Waals surface area contributed by atoms with Crippen molar-refractivity contribution in [2.24, 2.45) is 0 Å². The Morgan fingerprint density at radius 2 is 1.81 bits per heavy atom. The molecule has 1 saturated heterocycles. The van der Waals surface area contributed by atoms with Crippen LogP contribution in [0.1, 0.15) is 18.4 Å². The van der Waals surface area contributed by atoms with Crippen molar-refractivity contribution in [1.29, 1.82) is 0 Å². The van der Waals surface area contributed by atoms with Crippen molar-refractivity contribution >= 4 is 35.6 Å². The first-order chi connectivity index (χ1) is 12.1. The number of para-hydroxylation sites is 2. The van der Waals surface area contributed by atoms with Gasteiger partial charge in [0.15, 0.2) is 0 Å². The fraction of sp³-hybridized carbons (Fsp3) is 0.300. The number of nitrogens with zero attached hydrogens (tertiary/aromatic N) is 2. The Morgan fingerprint density at radius 3 is 2.50 bits per heavy atom. The third-order valence-electron chi connectivity index (χ3n) is 4.77. The summed E-state index contributed by atoms with van der Waals surface area (Å²) in [6.45, 7) is 0.636. The molecule has 2 N–H and O–H groups in total. The summed E-state index contributed by atoms with van der Waals surface area (Å²) in [7, 11) is 1.72. The standard InChI is InChI=1S/C20H23N3O2.ClH/c1-22(19(24)12-11-15-7-5-6-10-17(15)21)18-13-14-23(20(18)25)16-8-3-2-4-9-16;/h2-10,18H,11-14,21H2,1H3;1H. The summed E-state index contributed by atoms with van der Waals surface area (Å²) in [6.07, 6.45) is 1.59. The Labute approximate surface area is 160 Å². The second-order valence-electron chi connectivity index (χ2n) is 6.33. The van der Waals surface area contributed by atoms with E-state index in [2.05, 4.69) is 0 Å². The summed E-state index contributed by atoms with van der Waals surface area (Å²) in [5.74, 6) is -0.0437. The van der Waals surface area contributed by atoms with Crippen molar-refractivity contribution in [1.82, 2.24) is 4.90 Å². The zero-order chi connectivity index (χ0) is 17.8. The van der Waals surface area contributed by atoms with Crippen molar-refractivity contribution in [2.45, 2.75) is 25.3 Å². The van der Waals surface area contributed by atoms with Crippen LogP contribution in [0.2, 0.25) is 0 Å². The molecule has 1 aliphatic rings. The molecule has 2 aromatic carbocycles. The molecule has 1 aliphatic heterocycles. The molecular weight excluding hydrogens is 350 g/mol. The molecule has 1 atom stereocenters. The molecule has 5 nitrogen and oxygen atoms in total. The fourth-order valence-electron chi connectivity index (χ4n) is 3.24. The van der Waals surface area contributed by atoms with Gasteiger partial charge in [0.2, 0.25) is 11.8 Å². The molecule has 2 amide bonds. The van der Waals surface area contributed by atoms with Crippen molar-refractivity contribution in [3.8, 4) is 0 Å². The van der Waals surface area contributed by atoms with Crippen LogP contribution < -0.4 is 10.6 Å². The largest absolute Gasteiger partial charge is 0.399 e. The highest BCUT2D eigenvalue weighted by Gasteiger charge is 2.36. The number of halogens is 1. The molecule has 0 aliphatic carbocycles. The number of nitrogens with two attached hydrogens (primary N) is 1. The van der Waals surface area contributed by atoms with Crippen molar-refractivity contribution in [2.75, 3.05) is 24.2 Å². The molecule has 0 aromatic heterocycles. The minimum Gasteiger partial charge on any atom is -0.399 e. The van der Waals surface area contributed by atoms with E-state index in [4.69, 9.17) is 5.73 Å². The summed E-state index contributed by atoms with van der Waals surface area (Å²) in [5, 5.41) is 0. The van der Waals surface area contributed by atoms with E-state index >= 15 is 0 Å². The lowest BCUT2D eigenvalue weighted by atomic mass is 10.1. The minimum absolute atomic E-state index is 0. The second-order valence-corrected chi connectivity index (χ2v) is 6.33. The van der Waals surface area contributed by atoms with E-state index in [1.807, 2.05) is 54.6 Å². The maximum absolute atomic E-state index is 12.7. The number of aryl methyl sites for hydroxylation is 1. The van der Waals surface area contributed by atoms with Crippen LogP contribution in [0.4, 0.5) is 11.4 Å². The van der Waals surface area contributed by atoms with Crippen LogP contribution in [0.15, 0.2) is 54.6 Å². The number of hydrogen-bond donors (Lipinski definition) is 1. The molecular formula is C20H24ClN3O2. The Kier molecular flexibility index (Phi) is 6.64. The predicted octanol–water partition coefficient (Wildman–Crippen LogP) is 2.89.